The second kappa shape index (κ2) is 8.78. The largest absolute Gasteiger partial charge is 0.345 e. The summed E-state index contributed by atoms with van der Waals surface area (Å²) in [5.41, 5.74) is 2.67. The van der Waals surface area contributed by atoms with Crippen molar-refractivity contribution in [1.29, 1.82) is 0 Å². The lowest BCUT2D eigenvalue weighted by Gasteiger charge is -2.30. The van der Waals surface area contributed by atoms with Gasteiger partial charge in [0.2, 0.25) is 0 Å². The van der Waals surface area contributed by atoms with Crippen LogP contribution >= 0.6 is 22.9 Å². The number of anilines is 1. The Bertz CT molecular complexity index is 1430. The number of nitrogens with zero attached hydrogens (tertiary/aromatic N) is 2. The zero-order valence-corrected chi connectivity index (χ0v) is 19.9. The molecule has 1 N–H and O–H groups in total. The number of halogens is 1. The van der Waals surface area contributed by atoms with Gasteiger partial charge in [-0.2, -0.15) is 0 Å². The second-order valence-corrected chi connectivity index (χ2v) is 11.1. The van der Waals surface area contributed by atoms with Gasteiger partial charge in [-0.25, -0.2) is 13.4 Å². The van der Waals surface area contributed by atoms with Crippen LogP contribution < -0.4 is 9.62 Å². The number of amides is 1. The summed E-state index contributed by atoms with van der Waals surface area (Å²) in [7, 11) is -3.85. The number of benzene rings is 3. The Kier molecular flexibility index (Phi) is 5.82. The van der Waals surface area contributed by atoms with Gasteiger partial charge >= 0.3 is 0 Å². The van der Waals surface area contributed by atoms with E-state index in [2.05, 4.69) is 10.3 Å². The highest BCUT2D eigenvalue weighted by Crippen LogP contribution is 2.33. The number of carbonyl (C=O) groups is 1. The molecule has 0 atom stereocenters. The molecule has 6 nitrogen and oxygen atoms in total. The molecule has 0 saturated carbocycles. The summed E-state index contributed by atoms with van der Waals surface area (Å²) in [6.45, 7) is 0.617. The van der Waals surface area contributed by atoms with Crippen molar-refractivity contribution in [3.05, 3.63) is 87.9 Å². The van der Waals surface area contributed by atoms with Crippen molar-refractivity contribution >= 4 is 54.8 Å². The molecule has 1 aliphatic rings. The smallest absolute Gasteiger partial charge is 0.264 e. The van der Waals surface area contributed by atoms with Crippen LogP contribution in [0, 0.1) is 0 Å². The van der Waals surface area contributed by atoms with Crippen LogP contribution in [0.2, 0.25) is 5.02 Å². The molecule has 1 aliphatic heterocycles. The van der Waals surface area contributed by atoms with E-state index in [9.17, 15) is 13.2 Å². The standard InChI is InChI=1S/C24H20ClN3O3S2/c25-19-12-11-17(33(30,31)28-13-5-7-16-6-1-3-9-21(16)28)14-18(19)24(29)26-15-23-27-20-8-2-4-10-22(20)32-23/h1-4,6,8-12,14H,5,7,13,15H2,(H,26,29). The van der Waals surface area contributed by atoms with E-state index < -0.39 is 15.9 Å². The summed E-state index contributed by atoms with van der Waals surface area (Å²) >= 11 is 7.77. The van der Waals surface area contributed by atoms with Crippen molar-refractivity contribution in [2.24, 2.45) is 0 Å². The molecule has 1 amide bonds. The number of para-hydroxylation sites is 2. The fraction of sp³-hybridized carbons (Fsp3) is 0.167. The minimum Gasteiger partial charge on any atom is -0.345 e. The molecule has 0 bridgehead atoms. The maximum absolute atomic E-state index is 13.5. The van der Waals surface area contributed by atoms with Gasteiger partial charge in [-0.05, 0) is 54.8 Å². The van der Waals surface area contributed by atoms with Crippen LogP contribution in [-0.4, -0.2) is 25.9 Å². The normalized spacial score (nSPS) is 13.7. The van der Waals surface area contributed by atoms with E-state index >= 15 is 0 Å². The van der Waals surface area contributed by atoms with Crippen LogP contribution in [-0.2, 0) is 23.0 Å². The minimum absolute atomic E-state index is 0.0359. The number of aromatic nitrogens is 1. The van der Waals surface area contributed by atoms with Gasteiger partial charge in [0.25, 0.3) is 15.9 Å². The number of carbonyl (C=O) groups excluding carboxylic acids is 1. The van der Waals surface area contributed by atoms with Crippen molar-refractivity contribution in [2.75, 3.05) is 10.8 Å². The van der Waals surface area contributed by atoms with Crippen molar-refractivity contribution in [3.63, 3.8) is 0 Å². The summed E-state index contributed by atoms with van der Waals surface area (Å²) in [4.78, 5) is 17.4. The summed E-state index contributed by atoms with van der Waals surface area (Å²) in [6.07, 6.45) is 1.57. The first-order valence-electron chi connectivity index (χ1n) is 10.5. The van der Waals surface area contributed by atoms with Gasteiger partial charge < -0.3 is 5.32 Å². The SMILES string of the molecule is O=C(NCc1nc2ccccc2s1)c1cc(S(=O)(=O)N2CCCc3ccccc32)ccc1Cl. The summed E-state index contributed by atoms with van der Waals surface area (Å²) < 4.78 is 29.4. The number of nitrogens with one attached hydrogen (secondary N) is 1. The highest BCUT2D eigenvalue weighted by atomic mass is 35.5. The van der Waals surface area contributed by atoms with Crippen LogP contribution in [0.3, 0.4) is 0 Å². The maximum Gasteiger partial charge on any atom is 0.264 e. The Labute approximate surface area is 200 Å². The molecule has 0 saturated heterocycles. The van der Waals surface area contributed by atoms with E-state index in [4.69, 9.17) is 11.6 Å². The Hall–Kier alpha value is -2.94. The number of hydrogen-bond acceptors (Lipinski definition) is 5. The first-order valence-corrected chi connectivity index (χ1v) is 13.1. The summed E-state index contributed by atoms with van der Waals surface area (Å²) in [6, 6.07) is 19.5. The number of fused-ring (bicyclic) bond motifs is 2. The van der Waals surface area contributed by atoms with Gasteiger partial charge in [-0.15, -0.1) is 11.3 Å². The highest BCUT2D eigenvalue weighted by Gasteiger charge is 2.30. The van der Waals surface area contributed by atoms with Crippen molar-refractivity contribution < 1.29 is 13.2 Å². The lowest BCUT2D eigenvalue weighted by atomic mass is 10.0. The quantitative estimate of drug-likeness (QED) is 0.420. The summed E-state index contributed by atoms with van der Waals surface area (Å²) in [5, 5.41) is 3.76. The van der Waals surface area contributed by atoms with Crippen LogP contribution in [0.15, 0.2) is 71.6 Å². The molecule has 0 unspecified atom stereocenters. The Morgan fingerprint density at radius 3 is 2.73 bits per heavy atom. The number of rotatable bonds is 5. The fourth-order valence-corrected chi connectivity index (χ4v) is 6.64. The lowest BCUT2D eigenvalue weighted by Crippen LogP contribution is -2.35. The molecule has 168 valence electrons. The molecular formula is C24H20ClN3O3S2. The minimum atomic E-state index is -3.85. The van der Waals surface area contributed by atoms with Crippen molar-refractivity contribution in [3.8, 4) is 0 Å². The first-order chi connectivity index (χ1) is 15.9. The fourth-order valence-electron chi connectivity index (χ4n) is 3.96. The Morgan fingerprint density at radius 1 is 1.09 bits per heavy atom. The monoisotopic (exact) mass is 497 g/mol. The molecule has 0 aliphatic carbocycles. The number of hydrogen-bond donors (Lipinski definition) is 1. The van der Waals surface area contributed by atoms with Crippen LogP contribution in [0.25, 0.3) is 10.2 Å². The summed E-state index contributed by atoms with van der Waals surface area (Å²) in [5.74, 6) is -0.449. The van der Waals surface area contributed by atoms with Gasteiger partial charge in [0.05, 0.1) is 37.9 Å². The number of thiazole rings is 1. The van der Waals surface area contributed by atoms with E-state index in [0.29, 0.717) is 12.2 Å². The number of aryl methyl sites for hydroxylation is 1. The third-order valence-electron chi connectivity index (χ3n) is 5.58. The van der Waals surface area contributed by atoms with Gasteiger partial charge in [0, 0.05) is 6.54 Å². The van der Waals surface area contributed by atoms with E-state index in [-0.39, 0.29) is 22.0 Å². The van der Waals surface area contributed by atoms with E-state index in [0.717, 1.165) is 33.6 Å². The molecule has 33 heavy (non-hydrogen) atoms. The average Bonchev–Trinajstić information content (AvgIpc) is 3.25. The molecule has 0 fully saturated rings. The first kappa shape index (κ1) is 21.9. The zero-order chi connectivity index (χ0) is 23.0. The third-order valence-corrected chi connectivity index (χ3v) is 8.75. The van der Waals surface area contributed by atoms with Crippen LogP contribution in [0.5, 0.6) is 0 Å². The number of sulfonamides is 1. The zero-order valence-electron chi connectivity index (χ0n) is 17.5. The predicted octanol–water partition coefficient (Wildman–Crippen LogP) is 5.02. The molecule has 4 aromatic rings. The van der Waals surface area contributed by atoms with Gasteiger partial charge in [-0.1, -0.05) is 41.9 Å². The van der Waals surface area contributed by atoms with Crippen LogP contribution in [0.4, 0.5) is 5.69 Å². The second-order valence-electron chi connectivity index (χ2n) is 7.71. The third kappa shape index (κ3) is 4.21. The van der Waals surface area contributed by atoms with E-state index in [1.807, 2.05) is 48.5 Å². The Balaban J connectivity index is 1.40. The maximum atomic E-state index is 13.5. The van der Waals surface area contributed by atoms with Crippen LogP contribution in [0.1, 0.15) is 27.3 Å². The molecular weight excluding hydrogens is 478 g/mol. The van der Waals surface area contributed by atoms with E-state index in [1.54, 1.807) is 0 Å². The molecule has 0 spiro atoms. The molecule has 0 radical (unpaired) electrons. The van der Waals surface area contributed by atoms with Gasteiger partial charge in [0.15, 0.2) is 0 Å². The molecule has 9 heteroatoms. The molecule has 5 rings (SSSR count). The van der Waals surface area contributed by atoms with Gasteiger partial charge in [-0.3, -0.25) is 9.10 Å². The lowest BCUT2D eigenvalue weighted by molar-refractivity contribution is 0.0951. The highest BCUT2D eigenvalue weighted by molar-refractivity contribution is 7.92. The molecule has 1 aromatic heterocycles. The topological polar surface area (TPSA) is 79.4 Å². The van der Waals surface area contributed by atoms with E-state index in [1.165, 1.54) is 33.8 Å². The average molecular weight is 498 g/mol. The molecule has 3 aromatic carbocycles. The van der Waals surface area contributed by atoms with Crippen molar-refractivity contribution in [2.45, 2.75) is 24.3 Å². The van der Waals surface area contributed by atoms with Gasteiger partial charge in [0.1, 0.15) is 5.01 Å². The molecule has 2 heterocycles. The Morgan fingerprint density at radius 2 is 1.88 bits per heavy atom. The predicted molar refractivity (Wildman–Crippen MR) is 132 cm³/mol. The van der Waals surface area contributed by atoms with Crippen molar-refractivity contribution in [1.82, 2.24) is 10.3 Å².